The minimum absolute atomic E-state index is 0.0470. The summed E-state index contributed by atoms with van der Waals surface area (Å²) in [5, 5.41) is 9.70. The third kappa shape index (κ3) is 3.77. The van der Waals surface area contributed by atoms with Gasteiger partial charge in [0, 0.05) is 42.0 Å². The molecule has 6 nitrogen and oxygen atoms in total. The van der Waals surface area contributed by atoms with E-state index in [9.17, 15) is 10.1 Å². The number of amides is 1. The number of anilines is 2. The average molecular weight is 443 g/mol. The molecule has 1 aliphatic carbocycles. The van der Waals surface area contributed by atoms with Gasteiger partial charge >= 0.3 is 0 Å². The minimum Gasteiger partial charge on any atom is -0.497 e. The summed E-state index contributed by atoms with van der Waals surface area (Å²) in [5.74, 6) is 0.735. The van der Waals surface area contributed by atoms with Crippen molar-refractivity contribution < 1.29 is 9.53 Å². The highest BCUT2D eigenvalue weighted by Crippen LogP contribution is 2.49. The van der Waals surface area contributed by atoms with E-state index < -0.39 is 6.04 Å². The van der Waals surface area contributed by atoms with Crippen LogP contribution in [0.2, 0.25) is 0 Å². The van der Waals surface area contributed by atoms with Crippen LogP contribution in [0, 0.1) is 17.2 Å². The highest BCUT2D eigenvalue weighted by atomic mass is 16.5. The summed E-state index contributed by atoms with van der Waals surface area (Å²) in [4.78, 5) is 19.8. The first-order valence-electron chi connectivity index (χ1n) is 11.6. The van der Waals surface area contributed by atoms with Crippen LogP contribution in [-0.2, 0) is 10.2 Å². The van der Waals surface area contributed by atoms with Gasteiger partial charge in [-0.05, 0) is 75.3 Å². The molecule has 1 saturated heterocycles. The van der Waals surface area contributed by atoms with E-state index in [1.807, 2.05) is 40.3 Å². The molecule has 6 heteroatoms. The Balaban J connectivity index is 1.40. The molecule has 3 aliphatic rings. The van der Waals surface area contributed by atoms with Crippen molar-refractivity contribution in [2.24, 2.45) is 5.92 Å². The van der Waals surface area contributed by atoms with Gasteiger partial charge in [0.1, 0.15) is 11.8 Å². The lowest BCUT2D eigenvalue weighted by Gasteiger charge is -2.38. The van der Waals surface area contributed by atoms with Gasteiger partial charge in [-0.1, -0.05) is 12.1 Å². The molecular formula is C27H30N4O2. The van der Waals surface area contributed by atoms with Gasteiger partial charge in [-0.25, -0.2) is 0 Å². The van der Waals surface area contributed by atoms with E-state index in [2.05, 4.69) is 49.3 Å². The average Bonchev–Trinajstić information content (AvgIpc) is 3.50. The van der Waals surface area contributed by atoms with E-state index in [0.29, 0.717) is 12.1 Å². The molecule has 2 heterocycles. The van der Waals surface area contributed by atoms with Gasteiger partial charge in [0.15, 0.2) is 0 Å². The summed E-state index contributed by atoms with van der Waals surface area (Å²) >= 11 is 0. The predicted molar refractivity (Wildman–Crippen MR) is 129 cm³/mol. The third-order valence-corrected chi connectivity index (χ3v) is 7.30. The number of carbonyl (C=O) groups excluding carboxylic acids is 1. The number of fused-ring (bicyclic) bond motifs is 1. The zero-order chi connectivity index (χ0) is 23.2. The van der Waals surface area contributed by atoms with Crippen LogP contribution in [0.5, 0.6) is 5.75 Å². The van der Waals surface area contributed by atoms with Crippen molar-refractivity contribution >= 4 is 17.3 Å². The number of nitrogens with zero attached hydrogens (tertiary/aromatic N) is 4. The largest absolute Gasteiger partial charge is 0.497 e. The lowest BCUT2D eigenvalue weighted by Crippen LogP contribution is -2.53. The van der Waals surface area contributed by atoms with E-state index in [4.69, 9.17) is 4.74 Å². The van der Waals surface area contributed by atoms with Gasteiger partial charge in [0.2, 0.25) is 0 Å². The van der Waals surface area contributed by atoms with Gasteiger partial charge in [0.25, 0.3) is 5.91 Å². The molecule has 1 saturated carbocycles. The Labute approximate surface area is 195 Å². The number of hydrogen-bond acceptors (Lipinski definition) is 5. The smallest absolute Gasteiger partial charge is 0.250 e. The number of carbonyl (C=O) groups is 1. The Morgan fingerprint density at radius 1 is 1.09 bits per heavy atom. The first-order chi connectivity index (χ1) is 16.0. The van der Waals surface area contributed by atoms with Crippen LogP contribution in [-0.4, -0.2) is 51.1 Å². The van der Waals surface area contributed by atoms with Crippen LogP contribution in [0.1, 0.15) is 24.8 Å². The highest BCUT2D eigenvalue weighted by Gasteiger charge is 2.47. The number of piperidine rings is 1. The quantitative estimate of drug-likeness (QED) is 0.678. The van der Waals surface area contributed by atoms with Crippen molar-refractivity contribution in [2.75, 3.05) is 44.1 Å². The zero-order valence-corrected chi connectivity index (χ0v) is 19.5. The number of ether oxygens (including phenoxy) is 1. The Kier molecular flexibility index (Phi) is 5.38. The molecule has 2 aromatic carbocycles. The maximum absolute atomic E-state index is 13.7. The Bertz CT molecular complexity index is 1110. The normalized spacial score (nSPS) is 23.2. The van der Waals surface area contributed by atoms with Gasteiger partial charge in [-0.2, -0.15) is 5.26 Å². The van der Waals surface area contributed by atoms with Gasteiger partial charge in [0.05, 0.1) is 18.8 Å². The standard InChI is InChI=1S/C27H30N4O2/c1-29(2)18-27(13-14-27)20-4-6-21(7-5-20)30-15-12-24-19(16-28)17-31(25(24)26(30)32)22-8-10-23(33-3)11-9-22/h4-11,17,24-25H,12-15,18H2,1-3H3. The fraction of sp³-hybridized carbons (Fsp3) is 0.407. The molecule has 2 aliphatic heterocycles. The molecule has 2 atom stereocenters. The molecule has 5 rings (SSSR count). The fourth-order valence-corrected chi connectivity index (χ4v) is 5.48. The van der Waals surface area contributed by atoms with E-state index >= 15 is 0 Å². The van der Waals surface area contributed by atoms with Gasteiger partial charge in [-0.15, -0.1) is 0 Å². The van der Waals surface area contributed by atoms with Crippen LogP contribution < -0.4 is 14.5 Å². The Morgan fingerprint density at radius 2 is 1.76 bits per heavy atom. The van der Waals surface area contributed by atoms with Crippen LogP contribution in [0.3, 0.4) is 0 Å². The summed E-state index contributed by atoms with van der Waals surface area (Å²) in [6.07, 6.45) is 5.06. The highest BCUT2D eigenvalue weighted by molar-refractivity contribution is 6.01. The number of rotatable bonds is 6. The topological polar surface area (TPSA) is 59.8 Å². The molecule has 0 aromatic heterocycles. The molecule has 0 radical (unpaired) electrons. The van der Waals surface area contributed by atoms with Gasteiger partial charge < -0.3 is 19.4 Å². The number of methoxy groups -OCH3 is 1. The van der Waals surface area contributed by atoms with E-state index in [0.717, 1.165) is 30.1 Å². The van der Waals surface area contributed by atoms with Crippen LogP contribution >= 0.6 is 0 Å². The number of benzene rings is 2. The van der Waals surface area contributed by atoms with Crippen LogP contribution in [0.15, 0.2) is 60.3 Å². The van der Waals surface area contributed by atoms with Crippen molar-refractivity contribution in [1.29, 1.82) is 5.26 Å². The second kappa shape index (κ2) is 8.24. The lowest BCUT2D eigenvalue weighted by atomic mass is 9.87. The van der Waals surface area contributed by atoms with Crippen molar-refractivity contribution in [1.82, 2.24) is 4.90 Å². The second-order valence-electron chi connectivity index (χ2n) is 9.70. The van der Waals surface area contributed by atoms with Crippen LogP contribution in [0.4, 0.5) is 11.4 Å². The molecule has 2 unspecified atom stereocenters. The van der Waals surface area contributed by atoms with Crippen molar-refractivity contribution in [3.8, 4) is 11.8 Å². The summed E-state index contributed by atoms with van der Waals surface area (Å²) in [5.41, 5.74) is 4.13. The molecule has 0 bridgehead atoms. The molecule has 2 aromatic rings. The lowest BCUT2D eigenvalue weighted by molar-refractivity contribution is -0.121. The SMILES string of the molecule is COc1ccc(N2C=C(C#N)C3CCN(c4ccc(C5(CN(C)C)CC5)cc4)C(=O)C32)cc1. The number of likely N-dealkylation sites (N-methyl/N-ethyl adjacent to an activating group) is 1. The third-order valence-electron chi connectivity index (χ3n) is 7.30. The van der Waals surface area contributed by atoms with Crippen molar-refractivity contribution in [3.63, 3.8) is 0 Å². The maximum Gasteiger partial charge on any atom is 0.250 e. The summed E-state index contributed by atoms with van der Waals surface area (Å²) in [7, 11) is 5.88. The minimum atomic E-state index is -0.398. The fourth-order valence-electron chi connectivity index (χ4n) is 5.48. The summed E-state index contributed by atoms with van der Waals surface area (Å²) in [6, 6.07) is 18.1. The van der Waals surface area contributed by atoms with E-state index in [1.165, 1.54) is 18.4 Å². The summed E-state index contributed by atoms with van der Waals surface area (Å²) < 4.78 is 5.27. The second-order valence-corrected chi connectivity index (χ2v) is 9.70. The maximum atomic E-state index is 13.7. The molecule has 0 N–H and O–H groups in total. The molecule has 1 amide bonds. The van der Waals surface area contributed by atoms with Crippen molar-refractivity contribution in [2.45, 2.75) is 30.7 Å². The van der Waals surface area contributed by atoms with Crippen molar-refractivity contribution in [3.05, 3.63) is 65.9 Å². The number of nitriles is 1. The monoisotopic (exact) mass is 442 g/mol. The van der Waals surface area contributed by atoms with Gasteiger partial charge in [-0.3, -0.25) is 4.79 Å². The Hall–Kier alpha value is -3.30. The molecule has 0 spiro atoms. The predicted octanol–water partition coefficient (Wildman–Crippen LogP) is 3.94. The summed E-state index contributed by atoms with van der Waals surface area (Å²) in [6.45, 7) is 1.68. The number of hydrogen-bond donors (Lipinski definition) is 0. The van der Waals surface area contributed by atoms with Crippen LogP contribution in [0.25, 0.3) is 0 Å². The molecule has 2 fully saturated rings. The zero-order valence-electron chi connectivity index (χ0n) is 19.5. The Morgan fingerprint density at radius 3 is 2.33 bits per heavy atom. The van der Waals surface area contributed by atoms with E-state index in [1.54, 1.807) is 7.11 Å². The van der Waals surface area contributed by atoms with E-state index in [-0.39, 0.29) is 17.2 Å². The first-order valence-corrected chi connectivity index (χ1v) is 11.6. The molecule has 33 heavy (non-hydrogen) atoms. The first kappa shape index (κ1) is 21.5. The molecule has 170 valence electrons. The molecular weight excluding hydrogens is 412 g/mol.